The summed E-state index contributed by atoms with van der Waals surface area (Å²) in [7, 11) is 0. The standard InChI is InChI=1S/C26H35N5O3S/c1-19-5-4-6-20(2)25(19)27-23(32)17-28-9-13-30(14-10-28)24(33)18-29-11-15-31(16-12-29)26(34)22-8-7-21(3)35-22/h4-8H,9-18H2,1-3H3,(H,27,32). The van der Waals surface area contributed by atoms with E-state index in [-0.39, 0.29) is 17.7 Å². The molecule has 2 fully saturated rings. The van der Waals surface area contributed by atoms with E-state index in [0.717, 1.165) is 26.6 Å². The second kappa shape index (κ2) is 11.3. The van der Waals surface area contributed by atoms with Crippen molar-refractivity contribution >= 4 is 34.7 Å². The number of thiophene rings is 1. The molecule has 2 aromatic rings. The van der Waals surface area contributed by atoms with E-state index >= 15 is 0 Å². The maximum absolute atomic E-state index is 12.9. The fourth-order valence-corrected chi connectivity index (χ4v) is 5.49. The van der Waals surface area contributed by atoms with E-state index < -0.39 is 0 Å². The molecule has 0 saturated carbocycles. The predicted molar refractivity (Wildman–Crippen MR) is 139 cm³/mol. The van der Waals surface area contributed by atoms with Crippen LogP contribution in [0.2, 0.25) is 0 Å². The van der Waals surface area contributed by atoms with Gasteiger partial charge < -0.3 is 15.1 Å². The molecular formula is C26H35N5O3S. The van der Waals surface area contributed by atoms with Crippen LogP contribution >= 0.6 is 11.3 Å². The first-order valence-corrected chi connectivity index (χ1v) is 13.1. The van der Waals surface area contributed by atoms with E-state index in [9.17, 15) is 14.4 Å². The zero-order valence-electron chi connectivity index (χ0n) is 20.9. The molecule has 0 atom stereocenters. The smallest absolute Gasteiger partial charge is 0.264 e. The highest BCUT2D eigenvalue weighted by molar-refractivity contribution is 7.13. The molecule has 0 bridgehead atoms. The highest BCUT2D eigenvalue weighted by Gasteiger charge is 2.27. The molecule has 3 heterocycles. The molecule has 2 aliphatic rings. The van der Waals surface area contributed by atoms with E-state index in [4.69, 9.17) is 0 Å². The van der Waals surface area contributed by atoms with Crippen LogP contribution in [0.4, 0.5) is 5.69 Å². The lowest BCUT2D eigenvalue weighted by Gasteiger charge is -2.37. The van der Waals surface area contributed by atoms with Crippen molar-refractivity contribution in [3.8, 4) is 0 Å². The Bertz CT molecular complexity index is 1050. The third-order valence-electron chi connectivity index (χ3n) is 6.81. The Hall–Kier alpha value is -2.75. The number of rotatable bonds is 6. The first-order valence-electron chi connectivity index (χ1n) is 12.2. The summed E-state index contributed by atoms with van der Waals surface area (Å²) in [5, 5.41) is 3.04. The summed E-state index contributed by atoms with van der Waals surface area (Å²) in [5.41, 5.74) is 3.00. The normalized spacial score (nSPS) is 17.5. The van der Waals surface area contributed by atoms with Gasteiger partial charge in [-0.1, -0.05) is 18.2 Å². The SMILES string of the molecule is Cc1ccc(C(=O)N2CCN(CC(=O)N3CCN(CC(=O)Nc4c(C)cccc4C)CC3)CC2)s1. The van der Waals surface area contributed by atoms with Gasteiger partial charge >= 0.3 is 0 Å². The first kappa shape index (κ1) is 25.3. The van der Waals surface area contributed by atoms with Crippen LogP contribution < -0.4 is 5.32 Å². The zero-order chi connectivity index (χ0) is 24.9. The van der Waals surface area contributed by atoms with Gasteiger partial charge in [0.25, 0.3) is 5.91 Å². The Morgan fingerprint density at radius 3 is 1.91 bits per heavy atom. The lowest BCUT2D eigenvalue weighted by atomic mass is 10.1. The Morgan fingerprint density at radius 1 is 0.771 bits per heavy atom. The number of aryl methyl sites for hydroxylation is 3. The summed E-state index contributed by atoms with van der Waals surface area (Å²) in [4.78, 5) is 48.0. The van der Waals surface area contributed by atoms with E-state index in [0.29, 0.717) is 65.4 Å². The van der Waals surface area contributed by atoms with Crippen molar-refractivity contribution < 1.29 is 14.4 Å². The minimum absolute atomic E-state index is 0.0210. The Kier molecular flexibility index (Phi) is 8.20. The van der Waals surface area contributed by atoms with Crippen molar-refractivity contribution in [2.75, 3.05) is 70.8 Å². The quantitative estimate of drug-likeness (QED) is 0.662. The van der Waals surface area contributed by atoms with Gasteiger partial charge in [0, 0.05) is 62.9 Å². The van der Waals surface area contributed by atoms with Crippen LogP contribution in [-0.2, 0) is 9.59 Å². The van der Waals surface area contributed by atoms with Crippen molar-refractivity contribution in [3.63, 3.8) is 0 Å². The fraction of sp³-hybridized carbons (Fsp3) is 0.500. The topological polar surface area (TPSA) is 76.2 Å². The summed E-state index contributed by atoms with van der Waals surface area (Å²) in [6, 6.07) is 9.85. The van der Waals surface area contributed by atoms with E-state index in [1.165, 1.54) is 11.3 Å². The largest absolute Gasteiger partial charge is 0.339 e. The average molecular weight is 498 g/mol. The second-order valence-electron chi connectivity index (χ2n) is 9.45. The Morgan fingerprint density at radius 2 is 1.34 bits per heavy atom. The summed E-state index contributed by atoms with van der Waals surface area (Å²) < 4.78 is 0. The molecule has 2 aliphatic heterocycles. The van der Waals surface area contributed by atoms with Gasteiger partial charge in [-0.05, 0) is 44.0 Å². The van der Waals surface area contributed by atoms with E-state index in [1.807, 2.05) is 60.9 Å². The molecule has 0 unspecified atom stereocenters. The van der Waals surface area contributed by atoms with Gasteiger partial charge in [0.1, 0.15) is 0 Å². The van der Waals surface area contributed by atoms with Gasteiger partial charge in [0.05, 0.1) is 18.0 Å². The Labute approximate surface area is 211 Å². The number of hydrogen-bond acceptors (Lipinski definition) is 6. The van der Waals surface area contributed by atoms with Crippen LogP contribution in [-0.4, -0.2) is 103 Å². The monoisotopic (exact) mass is 497 g/mol. The van der Waals surface area contributed by atoms with Crippen molar-refractivity contribution in [3.05, 3.63) is 51.2 Å². The van der Waals surface area contributed by atoms with Gasteiger partial charge in [-0.3, -0.25) is 24.2 Å². The molecular weight excluding hydrogens is 462 g/mol. The molecule has 1 aromatic carbocycles. The molecule has 1 N–H and O–H groups in total. The molecule has 2 saturated heterocycles. The summed E-state index contributed by atoms with van der Waals surface area (Å²) in [5.74, 6) is 0.192. The molecule has 8 nitrogen and oxygen atoms in total. The molecule has 0 spiro atoms. The van der Waals surface area contributed by atoms with Crippen LogP contribution in [0.5, 0.6) is 0 Å². The molecule has 188 valence electrons. The van der Waals surface area contributed by atoms with Crippen LogP contribution in [0.15, 0.2) is 30.3 Å². The number of nitrogens with one attached hydrogen (secondary N) is 1. The van der Waals surface area contributed by atoms with E-state index in [2.05, 4.69) is 15.1 Å². The summed E-state index contributed by atoms with van der Waals surface area (Å²) in [6.07, 6.45) is 0. The number of hydrogen-bond donors (Lipinski definition) is 1. The number of nitrogens with zero attached hydrogens (tertiary/aromatic N) is 4. The Balaban J connectivity index is 1.17. The lowest BCUT2D eigenvalue weighted by molar-refractivity contribution is -0.134. The zero-order valence-corrected chi connectivity index (χ0v) is 21.7. The molecule has 4 rings (SSSR count). The van der Waals surface area contributed by atoms with Crippen LogP contribution in [0, 0.1) is 20.8 Å². The fourth-order valence-electron chi connectivity index (χ4n) is 4.65. The van der Waals surface area contributed by atoms with Crippen molar-refractivity contribution in [2.24, 2.45) is 0 Å². The number of carbonyl (C=O) groups excluding carboxylic acids is 3. The van der Waals surface area contributed by atoms with Crippen molar-refractivity contribution in [1.29, 1.82) is 0 Å². The van der Waals surface area contributed by atoms with Crippen LogP contribution in [0.25, 0.3) is 0 Å². The van der Waals surface area contributed by atoms with Crippen LogP contribution in [0.3, 0.4) is 0 Å². The summed E-state index contributed by atoms with van der Waals surface area (Å²) >= 11 is 1.53. The highest BCUT2D eigenvalue weighted by Crippen LogP contribution is 2.20. The van der Waals surface area contributed by atoms with Gasteiger partial charge in [-0.25, -0.2) is 0 Å². The first-order chi connectivity index (χ1) is 16.8. The molecule has 1 aromatic heterocycles. The molecule has 0 aliphatic carbocycles. The predicted octanol–water partition coefficient (Wildman–Crippen LogP) is 2.21. The minimum Gasteiger partial charge on any atom is -0.339 e. The number of anilines is 1. The second-order valence-corrected chi connectivity index (χ2v) is 10.7. The highest BCUT2D eigenvalue weighted by atomic mass is 32.1. The van der Waals surface area contributed by atoms with Gasteiger partial charge in [0.2, 0.25) is 11.8 Å². The minimum atomic E-state index is -0.0210. The average Bonchev–Trinajstić information content (AvgIpc) is 3.28. The summed E-state index contributed by atoms with van der Waals surface area (Å²) in [6.45, 7) is 12.1. The molecule has 9 heteroatoms. The number of amides is 3. The maximum atomic E-state index is 12.9. The lowest BCUT2D eigenvalue weighted by Crippen LogP contribution is -2.55. The van der Waals surface area contributed by atoms with Crippen LogP contribution in [0.1, 0.15) is 25.7 Å². The molecule has 35 heavy (non-hydrogen) atoms. The number of carbonyl (C=O) groups is 3. The third-order valence-corrected chi connectivity index (χ3v) is 7.80. The molecule has 0 radical (unpaired) electrons. The number of para-hydroxylation sites is 1. The van der Waals surface area contributed by atoms with Gasteiger partial charge in [0.15, 0.2) is 0 Å². The number of piperazine rings is 2. The third kappa shape index (κ3) is 6.48. The van der Waals surface area contributed by atoms with Gasteiger partial charge in [-0.15, -0.1) is 11.3 Å². The van der Waals surface area contributed by atoms with Gasteiger partial charge in [-0.2, -0.15) is 0 Å². The maximum Gasteiger partial charge on any atom is 0.264 e. The number of benzene rings is 1. The van der Waals surface area contributed by atoms with Crippen molar-refractivity contribution in [1.82, 2.24) is 19.6 Å². The molecule has 3 amide bonds. The van der Waals surface area contributed by atoms with Crippen molar-refractivity contribution in [2.45, 2.75) is 20.8 Å². The van der Waals surface area contributed by atoms with E-state index in [1.54, 1.807) is 0 Å².